The highest BCUT2D eigenvalue weighted by Gasteiger charge is 2.27. The zero-order chi connectivity index (χ0) is 26.5. The molecule has 2 fully saturated rings. The van der Waals surface area contributed by atoms with Crippen molar-refractivity contribution in [2.75, 3.05) is 48.3 Å². The summed E-state index contributed by atoms with van der Waals surface area (Å²) in [6.45, 7) is 2.76. The maximum absolute atomic E-state index is 12.7. The van der Waals surface area contributed by atoms with E-state index in [1.165, 1.54) is 0 Å². The third-order valence-electron chi connectivity index (χ3n) is 6.17. The SMILES string of the molecule is CN(Cc1ccccc1)c1cc(/C=C2\SC(=O)NC2=O)nc(N2CCN(C(=O)Nc3ccccc3)CC2)n1. The van der Waals surface area contributed by atoms with E-state index in [0.29, 0.717) is 55.1 Å². The third kappa shape index (κ3) is 6.12. The first-order chi connectivity index (χ1) is 18.4. The van der Waals surface area contributed by atoms with Gasteiger partial charge in [0.1, 0.15) is 5.82 Å². The molecule has 38 heavy (non-hydrogen) atoms. The van der Waals surface area contributed by atoms with E-state index in [1.807, 2.05) is 77.5 Å². The van der Waals surface area contributed by atoms with Crippen molar-refractivity contribution < 1.29 is 14.4 Å². The van der Waals surface area contributed by atoms with Gasteiger partial charge in [0, 0.05) is 51.5 Å². The highest BCUT2D eigenvalue weighted by atomic mass is 32.2. The van der Waals surface area contributed by atoms with Gasteiger partial charge in [-0.05, 0) is 35.5 Å². The molecule has 0 bridgehead atoms. The third-order valence-corrected chi connectivity index (χ3v) is 6.98. The number of nitrogens with one attached hydrogen (secondary N) is 2. The molecular weight excluding hydrogens is 502 g/mol. The van der Waals surface area contributed by atoms with Crippen molar-refractivity contribution in [3.63, 3.8) is 0 Å². The number of carbonyl (C=O) groups excluding carboxylic acids is 3. The monoisotopic (exact) mass is 529 g/mol. The van der Waals surface area contributed by atoms with Crippen LogP contribution in [0.15, 0.2) is 71.6 Å². The number of hydrogen-bond donors (Lipinski definition) is 2. The summed E-state index contributed by atoms with van der Waals surface area (Å²) in [7, 11) is 1.95. The Morgan fingerprint density at radius 2 is 1.71 bits per heavy atom. The predicted molar refractivity (Wildman–Crippen MR) is 149 cm³/mol. The van der Waals surface area contributed by atoms with Crippen molar-refractivity contribution in [1.82, 2.24) is 20.2 Å². The second-order valence-electron chi connectivity index (χ2n) is 8.92. The highest BCUT2D eigenvalue weighted by molar-refractivity contribution is 8.18. The van der Waals surface area contributed by atoms with Crippen LogP contribution in [0.1, 0.15) is 11.3 Å². The molecule has 11 heteroatoms. The van der Waals surface area contributed by atoms with Gasteiger partial charge in [0.05, 0.1) is 10.6 Å². The van der Waals surface area contributed by atoms with E-state index in [2.05, 4.69) is 10.6 Å². The van der Waals surface area contributed by atoms with Crippen LogP contribution in [-0.4, -0.2) is 65.3 Å². The Labute approximate surface area is 224 Å². The number of imide groups is 1. The first kappa shape index (κ1) is 25.3. The first-order valence-electron chi connectivity index (χ1n) is 12.2. The predicted octanol–water partition coefficient (Wildman–Crippen LogP) is 3.79. The summed E-state index contributed by atoms with van der Waals surface area (Å²) in [6, 6.07) is 21.1. The van der Waals surface area contributed by atoms with Gasteiger partial charge in [-0.1, -0.05) is 48.5 Å². The number of piperazine rings is 1. The lowest BCUT2D eigenvalue weighted by Crippen LogP contribution is -2.50. The molecule has 2 aliphatic heterocycles. The summed E-state index contributed by atoms with van der Waals surface area (Å²) in [6.07, 6.45) is 1.61. The molecule has 10 nitrogen and oxygen atoms in total. The van der Waals surface area contributed by atoms with Crippen LogP contribution in [0.5, 0.6) is 0 Å². The molecule has 0 atom stereocenters. The number of hydrogen-bond acceptors (Lipinski definition) is 8. The highest BCUT2D eigenvalue weighted by Crippen LogP contribution is 2.27. The van der Waals surface area contributed by atoms with Crippen LogP contribution in [0.4, 0.5) is 27.0 Å². The van der Waals surface area contributed by atoms with Crippen molar-refractivity contribution in [3.8, 4) is 0 Å². The van der Waals surface area contributed by atoms with Crippen LogP contribution in [0.2, 0.25) is 0 Å². The van der Waals surface area contributed by atoms with Crippen LogP contribution in [-0.2, 0) is 11.3 Å². The normalized spacial score (nSPS) is 16.5. The van der Waals surface area contributed by atoms with Crippen LogP contribution in [0.3, 0.4) is 0 Å². The number of carbonyl (C=O) groups is 3. The average Bonchev–Trinajstić information content (AvgIpc) is 3.25. The maximum Gasteiger partial charge on any atom is 0.321 e. The van der Waals surface area contributed by atoms with Gasteiger partial charge in [0.15, 0.2) is 0 Å². The van der Waals surface area contributed by atoms with Crippen LogP contribution < -0.4 is 20.4 Å². The van der Waals surface area contributed by atoms with Crippen molar-refractivity contribution in [3.05, 3.63) is 82.9 Å². The minimum Gasteiger partial charge on any atom is -0.355 e. The number of amides is 4. The van der Waals surface area contributed by atoms with E-state index in [-0.39, 0.29) is 6.03 Å². The van der Waals surface area contributed by atoms with Gasteiger partial charge < -0.3 is 20.0 Å². The van der Waals surface area contributed by atoms with Crippen molar-refractivity contribution in [1.29, 1.82) is 0 Å². The van der Waals surface area contributed by atoms with Gasteiger partial charge in [0.25, 0.3) is 11.1 Å². The van der Waals surface area contributed by atoms with Gasteiger partial charge >= 0.3 is 6.03 Å². The standard InChI is InChI=1S/C27H27N7O3S/c1-32(18-19-8-4-2-5-9-19)23-17-21(16-22-24(35)31-27(37)38-22)28-25(30-23)33-12-14-34(15-13-33)26(36)29-20-10-6-3-7-11-20/h2-11,16-17H,12-15,18H2,1H3,(H,29,36)(H,31,35,37)/b22-16-. The first-order valence-corrected chi connectivity index (χ1v) is 13.0. The lowest BCUT2D eigenvalue weighted by Gasteiger charge is -2.35. The molecule has 2 saturated heterocycles. The van der Waals surface area contributed by atoms with Crippen molar-refractivity contribution >= 4 is 52.5 Å². The molecule has 3 aromatic rings. The lowest BCUT2D eigenvalue weighted by molar-refractivity contribution is -0.115. The summed E-state index contributed by atoms with van der Waals surface area (Å²) in [5.74, 6) is 0.759. The summed E-state index contributed by atoms with van der Waals surface area (Å²) >= 11 is 0.854. The fourth-order valence-electron chi connectivity index (χ4n) is 4.18. The zero-order valence-electron chi connectivity index (χ0n) is 20.8. The summed E-state index contributed by atoms with van der Waals surface area (Å²) in [5.41, 5.74) is 2.41. The Bertz CT molecular complexity index is 1360. The molecule has 0 aliphatic carbocycles. The summed E-state index contributed by atoms with van der Waals surface area (Å²) in [4.78, 5) is 52.1. The van der Waals surface area contributed by atoms with E-state index in [4.69, 9.17) is 9.97 Å². The molecule has 0 radical (unpaired) electrons. The van der Waals surface area contributed by atoms with Crippen molar-refractivity contribution in [2.24, 2.45) is 0 Å². The Morgan fingerprint density at radius 1 is 1.03 bits per heavy atom. The number of para-hydroxylation sites is 1. The molecule has 3 heterocycles. The van der Waals surface area contributed by atoms with E-state index in [0.717, 1.165) is 23.0 Å². The molecule has 2 aromatic carbocycles. The van der Waals surface area contributed by atoms with Gasteiger partial charge in [-0.3, -0.25) is 14.9 Å². The molecule has 5 rings (SSSR count). The van der Waals surface area contributed by atoms with Crippen LogP contribution in [0.25, 0.3) is 6.08 Å². The Kier molecular flexibility index (Phi) is 7.55. The largest absolute Gasteiger partial charge is 0.355 e. The lowest BCUT2D eigenvalue weighted by atomic mass is 10.2. The van der Waals surface area contributed by atoms with Gasteiger partial charge in [-0.15, -0.1) is 0 Å². The fraction of sp³-hybridized carbons (Fsp3) is 0.222. The molecule has 0 saturated carbocycles. The Hall–Kier alpha value is -4.38. The fourth-order valence-corrected chi connectivity index (χ4v) is 4.84. The topological polar surface area (TPSA) is 111 Å². The number of benzene rings is 2. The number of thioether (sulfide) groups is 1. The maximum atomic E-state index is 12.7. The molecule has 2 N–H and O–H groups in total. The van der Waals surface area contributed by atoms with E-state index in [1.54, 1.807) is 17.0 Å². The summed E-state index contributed by atoms with van der Waals surface area (Å²) in [5, 5.41) is 4.80. The Balaban J connectivity index is 1.35. The number of anilines is 3. The Morgan fingerprint density at radius 3 is 2.37 bits per heavy atom. The average molecular weight is 530 g/mol. The van der Waals surface area contributed by atoms with E-state index < -0.39 is 11.1 Å². The second-order valence-corrected chi connectivity index (χ2v) is 9.93. The minimum atomic E-state index is -0.433. The molecule has 194 valence electrons. The number of urea groups is 1. The smallest absolute Gasteiger partial charge is 0.321 e. The zero-order valence-corrected chi connectivity index (χ0v) is 21.6. The molecule has 0 unspecified atom stereocenters. The van der Waals surface area contributed by atoms with Gasteiger partial charge in [0.2, 0.25) is 5.95 Å². The van der Waals surface area contributed by atoms with E-state index >= 15 is 0 Å². The summed E-state index contributed by atoms with van der Waals surface area (Å²) < 4.78 is 0. The second kappa shape index (κ2) is 11.3. The number of nitrogens with zero attached hydrogens (tertiary/aromatic N) is 5. The van der Waals surface area contributed by atoms with Crippen molar-refractivity contribution in [2.45, 2.75) is 6.54 Å². The molecule has 4 amide bonds. The van der Waals surface area contributed by atoms with Crippen LogP contribution in [0, 0.1) is 0 Å². The number of aromatic nitrogens is 2. The van der Waals surface area contributed by atoms with Gasteiger partial charge in [-0.2, -0.15) is 4.98 Å². The quantitative estimate of drug-likeness (QED) is 0.464. The molecule has 2 aliphatic rings. The minimum absolute atomic E-state index is 0.146. The van der Waals surface area contributed by atoms with E-state index in [9.17, 15) is 14.4 Å². The number of rotatable bonds is 6. The molecule has 1 aromatic heterocycles. The van der Waals surface area contributed by atoms with Gasteiger partial charge in [-0.25, -0.2) is 9.78 Å². The molecular formula is C27H27N7O3S. The van der Waals surface area contributed by atoms with Crippen LogP contribution >= 0.6 is 11.8 Å². The molecule has 0 spiro atoms.